The number of hydrogen-bond acceptors (Lipinski definition) is 2. The van der Waals surface area contributed by atoms with Gasteiger partial charge in [0.1, 0.15) is 12.0 Å². The maximum absolute atomic E-state index is 11.1. The highest BCUT2D eigenvalue weighted by atomic mass is 16.5. The highest BCUT2D eigenvalue weighted by Crippen LogP contribution is 2.55. The molecule has 1 aromatic carbocycles. The van der Waals surface area contributed by atoms with Gasteiger partial charge in [-0.15, -0.1) is 0 Å². The minimum absolute atomic E-state index is 0.00101. The van der Waals surface area contributed by atoms with Crippen LogP contribution in [0.5, 0.6) is 5.75 Å². The van der Waals surface area contributed by atoms with Gasteiger partial charge >= 0.3 is 0 Å². The Hall–Kier alpha value is -1.31. The molecule has 2 heteroatoms. The van der Waals surface area contributed by atoms with Crippen molar-refractivity contribution in [2.45, 2.75) is 44.9 Å². The second kappa shape index (κ2) is 4.75. The average Bonchev–Trinajstić information content (AvgIpc) is 2.66. The van der Waals surface area contributed by atoms with Crippen molar-refractivity contribution >= 4 is 6.29 Å². The van der Waals surface area contributed by atoms with Crippen LogP contribution in [-0.2, 0) is 10.2 Å². The van der Waals surface area contributed by atoms with E-state index in [4.69, 9.17) is 4.74 Å². The lowest BCUT2D eigenvalue weighted by Crippen LogP contribution is -2.37. The molecule has 2 rings (SSSR count). The van der Waals surface area contributed by atoms with E-state index >= 15 is 0 Å². The van der Waals surface area contributed by atoms with Crippen LogP contribution < -0.4 is 4.74 Å². The maximum Gasteiger partial charge on any atom is 0.120 e. The molecule has 0 radical (unpaired) electrons. The van der Waals surface area contributed by atoms with E-state index in [0.717, 1.165) is 18.5 Å². The van der Waals surface area contributed by atoms with E-state index in [1.165, 1.54) is 18.4 Å². The molecule has 1 aliphatic carbocycles. The highest BCUT2D eigenvalue weighted by Gasteiger charge is 2.49. The Morgan fingerprint density at radius 3 is 2.33 bits per heavy atom. The molecule has 0 saturated heterocycles. The second-order valence-electron chi connectivity index (χ2n) is 5.92. The van der Waals surface area contributed by atoms with Gasteiger partial charge in [0.05, 0.1) is 7.11 Å². The van der Waals surface area contributed by atoms with E-state index < -0.39 is 0 Å². The van der Waals surface area contributed by atoms with Crippen LogP contribution in [-0.4, -0.2) is 13.4 Å². The van der Waals surface area contributed by atoms with Crippen LogP contribution in [0.25, 0.3) is 0 Å². The van der Waals surface area contributed by atoms with Crippen molar-refractivity contribution in [1.29, 1.82) is 0 Å². The van der Waals surface area contributed by atoms with E-state index in [1.54, 1.807) is 7.11 Å². The first-order valence-electron chi connectivity index (χ1n) is 6.64. The molecule has 0 bridgehead atoms. The third-order valence-corrected chi connectivity index (χ3v) is 4.78. The quantitative estimate of drug-likeness (QED) is 0.757. The van der Waals surface area contributed by atoms with Crippen LogP contribution in [0.2, 0.25) is 0 Å². The Morgan fingerprint density at radius 1 is 1.22 bits per heavy atom. The fraction of sp³-hybridized carbons (Fsp3) is 0.562. The monoisotopic (exact) mass is 246 g/mol. The molecule has 98 valence electrons. The van der Waals surface area contributed by atoms with E-state index in [9.17, 15) is 4.79 Å². The number of benzene rings is 1. The van der Waals surface area contributed by atoms with Gasteiger partial charge in [0.25, 0.3) is 0 Å². The number of aldehydes is 1. The first kappa shape index (κ1) is 13.1. The third kappa shape index (κ3) is 1.94. The molecule has 1 unspecified atom stereocenters. The molecule has 0 aromatic heterocycles. The molecule has 2 nitrogen and oxygen atoms in total. The van der Waals surface area contributed by atoms with Crippen molar-refractivity contribution in [3.05, 3.63) is 29.8 Å². The summed E-state index contributed by atoms with van der Waals surface area (Å²) in [6, 6.07) is 8.23. The maximum atomic E-state index is 11.1. The van der Waals surface area contributed by atoms with E-state index in [1.807, 2.05) is 12.1 Å². The van der Waals surface area contributed by atoms with Gasteiger partial charge in [-0.25, -0.2) is 0 Å². The number of methoxy groups -OCH3 is 1. The normalized spacial score (nSPS) is 25.9. The Kier molecular flexibility index (Phi) is 3.47. The van der Waals surface area contributed by atoms with E-state index in [2.05, 4.69) is 26.0 Å². The molecule has 0 amide bonds. The van der Waals surface area contributed by atoms with E-state index in [0.29, 0.717) is 6.42 Å². The molecule has 18 heavy (non-hydrogen) atoms. The standard InChI is InChI=1S/C16H22O2/c1-15(2)9-4-10-16(15,11-12-17)13-5-7-14(18-3)8-6-13/h5-8,12H,4,9-11H2,1-3H3. The lowest BCUT2D eigenvalue weighted by Gasteiger charge is -2.41. The van der Waals surface area contributed by atoms with Gasteiger partial charge in [0, 0.05) is 11.8 Å². The Bertz CT molecular complexity index is 419. The largest absolute Gasteiger partial charge is 0.497 e. The Morgan fingerprint density at radius 2 is 1.89 bits per heavy atom. The van der Waals surface area contributed by atoms with Crippen LogP contribution in [0.4, 0.5) is 0 Å². The van der Waals surface area contributed by atoms with Crippen molar-refractivity contribution in [3.63, 3.8) is 0 Å². The zero-order chi connectivity index (χ0) is 13.2. The van der Waals surface area contributed by atoms with Crippen LogP contribution in [0.3, 0.4) is 0 Å². The molecule has 1 saturated carbocycles. The summed E-state index contributed by atoms with van der Waals surface area (Å²) >= 11 is 0. The van der Waals surface area contributed by atoms with Crippen LogP contribution >= 0.6 is 0 Å². The number of rotatable bonds is 4. The summed E-state index contributed by atoms with van der Waals surface area (Å²) in [4.78, 5) is 11.1. The predicted octanol–water partition coefficient (Wildman–Crippen LogP) is 3.73. The number of carbonyl (C=O) groups is 1. The Balaban J connectivity index is 2.43. The summed E-state index contributed by atoms with van der Waals surface area (Å²) in [5, 5.41) is 0. The number of hydrogen-bond donors (Lipinski definition) is 0. The summed E-state index contributed by atoms with van der Waals surface area (Å²) in [7, 11) is 1.68. The minimum Gasteiger partial charge on any atom is -0.497 e. The fourth-order valence-electron chi connectivity index (χ4n) is 3.49. The summed E-state index contributed by atoms with van der Waals surface area (Å²) in [5.74, 6) is 0.871. The van der Waals surface area contributed by atoms with Crippen LogP contribution in [0.1, 0.15) is 45.1 Å². The number of carbonyl (C=O) groups excluding carboxylic acids is 1. The third-order valence-electron chi connectivity index (χ3n) is 4.78. The lowest BCUT2D eigenvalue weighted by molar-refractivity contribution is -0.109. The molecule has 0 N–H and O–H groups in total. The van der Waals surface area contributed by atoms with Crippen molar-refractivity contribution in [3.8, 4) is 5.75 Å². The topological polar surface area (TPSA) is 26.3 Å². The van der Waals surface area contributed by atoms with Crippen molar-refractivity contribution in [2.75, 3.05) is 7.11 Å². The van der Waals surface area contributed by atoms with Crippen molar-refractivity contribution in [1.82, 2.24) is 0 Å². The molecule has 0 heterocycles. The fourth-order valence-corrected chi connectivity index (χ4v) is 3.49. The molecule has 1 aliphatic rings. The van der Waals surface area contributed by atoms with Gasteiger partial charge in [-0.05, 0) is 36.0 Å². The molecular weight excluding hydrogens is 224 g/mol. The smallest absolute Gasteiger partial charge is 0.120 e. The molecule has 1 fully saturated rings. The summed E-state index contributed by atoms with van der Waals surface area (Å²) in [6.45, 7) is 4.57. The molecular formula is C16H22O2. The predicted molar refractivity (Wildman–Crippen MR) is 73.0 cm³/mol. The zero-order valence-electron chi connectivity index (χ0n) is 11.5. The SMILES string of the molecule is COc1ccc(C2(CC=O)CCCC2(C)C)cc1. The van der Waals surface area contributed by atoms with Crippen molar-refractivity contribution in [2.24, 2.45) is 5.41 Å². The first-order valence-corrected chi connectivity index (χ1v) is 6.64. The van der Waals surface area contributed by atoms with Crippen molar-refractivity contribution < 1.29 is 9.53 Å². The zero-order valence-corrected chi connectivity index (χ0v) is 11.5. The van der Waals surface area contributed by atoms with E-state index in [-0.39, 0.29) is 10.8 Å². The molecule has 0 spiro atoms. The second-order valence-corrected chi connectivity index (χ2v) is 5.92. The van der Waals surface area contributed by atoms with Gasteiger partial charge in [-0.1, -0.05) is 32.4 Å². The summed E-state index contributed by atoms with van der Waals surface area (Å²) < 4.78 is 5.21. The molecule has 0 aliphatic heterocycles. The van der Waals surface area contributed by atoms with Gasteiger partial charge in [0.2, 0.25) is 0 Å². The molecule has 1 atom stereocenters. The first-order chi connectivity index (χ1) is 8.55. The number of ether oxygens (including phenoxy) is 1. The van der Waals surface area contributed by atoms with Crippen LogP contribution in [0.15, 0.2) is 24.3 Å². The molecule has 1 aromatic rings. The summed E-state index contributed by atoms with van der Waals surface area (Å²) in [5.41, 5.74) is 1.46. The van der Waals surface area contributed by atoms with Gasteiger partial charge in [0.15, 0.2) is 0 Å². The van der Waals surface area contributed by atoms with Crippen LogP contribution in [0, 0.1) is 5.41 Å². The van der Waals surface area contributed by atoms with Gasteiger partial charge in [-0.3, -0.25) is 0 Å². The average molecular weight is 246 g/mol. The lowest BCUT2D eigenvalue weighted by atomic mass is 9.62. The van der Waals surface area contributed by atoms with Gasteiger partial charge in [-0.2, -0.15) is 0 Å². The summed E-state index contributed by atoms with van der Waals surface area (Å²) in [6.07, 6.45) is 5.19. The Labute approximate surface area is 109 Å². The highest BCUT2D eigenvalue weighted by molar-refractivity contribution is 5.55. The minimum atomic E-state index is 0.00101. The van der Waals surface area contributed by atoms with Gasteiger partial charge < -0.3 is 9.53 Å².